The van der Waals surface area contributed by atoms with E-state index in [-0.39, 0.29) is 0 Å². The summed E-state index contributed by atoms with van der Waals surface area (Å²) in [6.45, 7) is 4.00. The molecule has 0 aromatic heterocycles. The fourth-order valence-electron chi connectivity index (χ4n) is 3.19. The Morgan fingerprint density at radius 2 is 1.57 bits per heavy atom. The second-order valence-corrected chi connectivity index (χ2v) is 8.88. The van der Waals surface area contributed by atoms with Gasteiger partial charge < -0.3 is 4.90 Å². The monoisotopic (exact) mass is 337 g/mol. The molecule has 0 aliphatic carbocycles. The predicted octanol–water partition coefficient (Wildman–Crippen LogP) is 1.46. The van der Waals surface area contributed by atoms with Crippen LogP contribution in [-0.2, 0) is 10.2 Å². The zero-order chi connectivity index (χ0) is 15.5. The maximum atomic E-state index is 12.6. The van der Waals surface area contributed by atoms with Gasteiger partial charge in [-0.3, -0.25) is 0 Å². The van der Waals surface area contributed by atoms with E-state index < -0.39 is 10.2 Å². The Balaban J connectivity index is 1.87. The quantitative estimate of drug-likeness (QED) is 0.713. The normalized spacial score (nSPS) is 24.8. The van der Waals surface area contributed by atoms with Gasteiger partial charge in [0.1, 0.15) is 0 Å². The van der Waals surface area contributed by atoms with Crippen molar-refractivity contribution in [2.45, 2.75) is 25.7 Å². The summed E-state index contributed by atoms with van der Waals surface area (Å²) >= 11 is 5.86. The molecule has 124 valence electrons. The van der Waals surface area contributed by atoms with Crippen LogP contribution in [0, 0.1) is 11.8 Å². The highest BCUT2D eigenvalue weighted by Crippen LogP contribution is 2.23. The number of alkyl halides is 1. The molecular formula is C14H28ClN3O2S. The third-order valence-corrected chi connectivity index (χ3v) is 7.26. The van der Waals surface area contributed by atoms with E-state index in [2.05, 4.69) is 11.9 Å². The highest BCUT2D eigenvalue weighted by atomic mass is 35.5. The first-order valence-electron chi connectivity index (χ1n) is 7.89. The van der Waals surface area contributed by atoms with Crippen LogP contribution in [0.1, 0.15) is 25.7 Å². The Hall–Kier alpha value is 0.120. The molecule has 0 bridgehead atoms. The Bertz CT molecular complexity index is 416. The van der Waals surface area contributed by atoms with Gasteiger partial charge in [-0.2, -0.15) is 17.0 Å². The molecule has 0 spiro atoms. The number of likely N-dealkylation sites (tertiary alicyclic amines) is 1. The van der Waals surface area contributed by atoms with Crippen molar-refractivity contribution in [3.8, 4) is 0 Å². The van der Waals surface area contributed by atoms with Gasteiger partial charge in [0.05, 0.1) is 0 Å². The first-order valence-corrected chi connectivity index (χ1v) is 9.82. The SMILES string of the molecule is CN1CCC(CN(C)S(=O)(=O)N2CCC(CCl)CC2)CC1. The van der Waals surface area contributed by atoms with E-state index >= 15 is 0 Å². The average molecular weight is 338 g/mol. The molecule has 0 amide bonds. The molecule has 2 aliphatic rings. The Morgan fingerprint density at radius 3 is 2.10 bits per heavy atom. The molecule has 0 aromatic carbocycles. The van der Waals surface area contributed by atoms with Gasteiger partial charge in [-0.05, 0) is 57.7 Å². The van der Waals surface area contributed by atoms with Gasteiger partial charge in [-0.15, -0.1) is 11.6 Å². The van der Waals surface area contributed by atoms with E-state index in [0.29, 0.717) is 37.4 Å². The Labute approximate surface area is 134 Å². The molecule has 0 N–H and O–H groups in total. The van der Waals surface area contributed by atoms with Crippen LogP contribution in [0.2, 0.25) is 0 Å². The summed E-state index contributed by atoms with van der Waals surface area (Å²) in [7, 11) is 0.550. The van der Waals surface area contributed by atoms with Crippen molar-refractivity contribution < 1.29 is 8.42 Å². The van der Waals surface area contributed by atoms with Crippen molar-refractivity contribution in [2.75, 3.05) is 52.7 Å². The van der Waals surface area contributed by atoms with Crippen LogP contribution in [0.4, 0.5) is 0 Å². The van der Waals surface area contributed by atoms with Crippen LogP contribution in [0.3, 0.4) is 0 Å². The lowest BCUT2D eigenvalue weighted by molar-refractivity contribution is 0.196. The molecule has 0 saturated carbocycles. The zero-order valence-corrected chi connectivity index (χ0v) is 14.7. The molecule has 21 heavy (non-hydrogen) atoms. The van der Waals surface area contributed by atoms with Crippen molar-refractivity contribution in [1.29, 1.82) is 0 Å². The molecular weight excluding hydrogens is 310 g/mol. The summed E-state index contributed by atoms with van der Waals surface area (Å²) in [5, 5.41) is 0. The van der Waals surface area contributed by atoms with Crippen LogP contribution in [0.15, 0.2) is 0 Å². The molecule has 5 nitrogen and oxygen atoms in total. The van der Waals surface area contributed by atoms with Crippen molar-refractivity contribution in [1.82, 2.24) is 13.5 Å². The third-order valence-electron chi connectivity index (χ3n) is 4.87. The van der Waals surface area contributed by atoms with Crippen LogP contribution >= 0.6 is 11.6 Å². The van der Waals surface area contributed by atoms with E-state index in [9.17, 15) is 8.42 Å². The topological polar surface area (TPSA) is 43.9 Å². The average Bonchev–Trinajstić information content (AvgIpc) is 2.49. The maximum absolute atomic E-state index is 12.6. The molecule has 2 saturated heterocycles. The van der Waals surface area contributed by atoms with Crippen molar-refractivity contribution in [3.63, 3.8) is 0 Å². The van der Waals surface area contributed by atoms with Gasteiger partial charge in [-0.1, -0.05) is 0 Å². The van der Waals surface area contributed by atoms with Gasteiger partial charge in [0.25, 0.3) is 10.2 Å². The Morgan fingerprint density at radius 1 is 1.05 bits per heavy atom. The maximum Gasteiger partial charge on any atom is 0.281 e. The summed E-state index contributed by atoms with van der Waals surface area (Å²) in [6.07, 6.45) is 3.94. The van der Waals surface area contributed by atoms with E-state index in [1.54, 1.807) is 15.7 Å². The van der Waals surface area contributed by atoms with Crippen LogP contribution in [-0.4, -0.2) is 74.6 Å². The van der Waals surface area contributed by atoms with Gasteiger partial charge in [-0.25, -0.2) is 0 Å². The first-order chi connectivity index (χ1) is 9.93. The number of nitrogens with zero attached hydrogens (tertiary/aromatic N) is 3. The number of hydrogen-bond donors (Lipinski definition) is 0. The molecule has 7 heteroatoms. The zero-order valence-electron chi connectivity index (χ0n) is 13.2. The Kier molecular flexibility index (Phi) is 6.32. The highest BCUT2D eigenvalue weighted by Gasteiger charge is 2.32. The summed E-state index contributed by atoms with van der Waals surface area (Å²) in [5.41, 5.74) is 0. The van der Waals surface area contributed by atoms with E-state index in [4.69, 9.17) is 11.6 Å². The molecule has 0 unspecified atom stereocenters. The minimum atomic E-state index is -3.30. The summed E-state index contributed by atoms with van der Waals surface area (Å²) in [4.78, 5) is 2.31. The second kappa shape index (κ2) is 7.59. The lowest BCUT2D eigenvalue weighted by Crippen LogP contribution is -2.47. The molecule has 2 fully saturated rings. The van der Waals surface area contributed by atoms with Crippen molar-refractivity contribution >= 4 is 21.8 Å². The fourth-order valence-corrected chi connectivity index (χ4v) is 4.97. The molecule has 0 aromatic rings. The third kappa shape index (κ3) is 4.55. The van der Waals surface area contributed by atoms with Gasteiger partial charge in [0.15, 0.2) is 0 Å². The first kappa shape index (κ1) is 17.5. The summed E-state index contributed by atoms with van der Waals surface area (Å²) in [5.74, 6) is 1.60. The predicted molar refractivity (Wildman–Crippen MR) is 86.8 cm³/mol. The van der Waals surface area contributed by atoms with Gasteiger partial charge in [0, 0.05) is 32.6 Å². The van der Waals surface area contributed by atoms with Crippen LogP contribution in [0.25, 0.3) is 0 Å². The van der Waals surface area contributed by atoms with Crippen molar-refractivity contribution in [3.05, 3.63) is 0 Å². The highest BCUT2D eigenvalue weighted by molar-refractivity contribution is 7.86. The number of rotatable bonds is 5. The molecule has 0 atom stereocenters. The summed E-state index contributed by atoms with van der Waals surface area (Å²) < 4.78 is 28.4. The minimum Gasteiger partial charge on any atom is -0.306 e. The fraction of sp³-hybridized carbons (Fsp3) is 1.00. The minimum absolute atomic E-state index is 0.470. The van der Waals surface area contributed by atoms with Crippen LogP contribution in [0.5, 0.6) is 0 Å². The van der Waals surface area contributed by atoms with E-state index in [1.165, 1.54) is 0 Å². The van der Waals surface area contributed by atoms with Crippen LogP contribution < -0.4 is 0 Å². The largest absolute Gasteiger partial charge is 0.306 e. The second-order valence-electron chi connectivity index (χ2n) is 6.53. The smallest absolute Gasteiger partial charge is 0.281 e. The number of halogens is 1. The number of hydrogen-bond acceptors (Lipinski definition) is 3. The van der Waals surface area contributed by atoms with Gasteiger partial charge >= 0.3 is 0 Å². The number of piperidine rings is 2. The van der Waals surface area contributed by atoms with Crippen molar-refractivity contribution in [2.24, 2.45) is 11.8 Å². The van der Waals surface area contributed by atoms with E-state index in [1.807, 2.05) is 0 Å². The molecule has 2 rings (SSSR count). The van der Waals surface area contributed by atoms with Gasteiger partial charge in [0.2, 0.25) is 0 Å². The molecule has 2 aliphatic heterocycles. The lowest BCUT2D eigenvalue weighted by Gasteiger charge is -2.35. The molecule has 0 radical (unpaired) electrons. The summed E-state index contributed by atoms with van der Waals surface area (Å²) in [6, 6.07) is 0. The lowest BCUT2D eigenvalue weighted by atomic mass is 9.97. The van der Waals surface area contributed by atoms with E-state index in [0.717, 1.165) is 38.8 Å². The standard InChI is InChI=1S/C14H28ClN3O2S/c1-16-7-3-14(4-8-16)12-17(2)21(19,20)18-9-5-13(11-15)6-10-18/h13-14H,3-12H2,1-2H3. The molecule has 2 heterocycles.